The Morgan fingerprint density at radius 3 is 2.14 bits per heavy atom. The molecule has 258 valence electrons. The number of fused-ring (bicyclic) bond motifs is 3. The highest BCUT2D eigenvalue weighted by atomic mass is 16.5. The maximum atomic E-state index is 13.7. The van der Waals surface area contributed by atoms with Crippen molar-refractivity contribution in [2.24, 2.45) is 15.9 Å². The van der Waals surface area contributed by atoms with Crippen LogP contribution >= 0.6 is 0 Å². The number of anilines is 1. The third kappa shape index (κ3) is 6.67. The molecule has 1 atom stereocenters. The van der Waals surface area contributed by atoms with Crippen LogP contribution in [0.3, 0.4) is 0 Å². The van der Waals surface area contributed by atoms with Crippen LogP contribution in [0.4, 0.5) is 17.1 Å². The molecule has 3 aliphatic heterocycles. The highest BCUT2D eigenvalue weighted by Gasteiger charge is 2.38. The summed E-state index contributed by atoms with van der Waals surface area (Å²) in [5, 5.41) is 0. The van der Waals surface area contributed by atoms with Crippen molar-refractivity contribution >= 4 is 46.9 Å². The lowest BCUT2D eigenvalue weighted by molar-refractivity contribution is 0.0815. The number of benzene rings is 3. The van der Waals surface area contributed by atoms with Crippen molar-refractivity contribution in [1.29, 1.82) is 0 Å². The number of amides is 2. The number of ether oxygens (including phenoxy) is 4. The molecule has 50 heavy (non-hydrogen) atoms. The molecule has 1 saturated carbocycles. The second-order valence-corrected chi connectivity index (χ2v) is 12.7. The summed E-state index contributed by atoms with van der Waals surface area (Å²) in [4.78, 5) is 39.9. The van der Waals surface area contributed by atoms with Gasteiger partial charge in [-0.1, -0.05) is 19.1 Å². The van der Waals surface area contributed by atoms with Gasteiger partial charge in [0.1, 0.15) is 0 Å². The number of allylic oxidation sites excluding steroid dienone is 1. The molecule has 0 spiro atoms. The van der Waals surface area contributed by atoms with Crippen LogP contribution in [-0.2, 0) is 0 Å². The topological polar surface area (TPSA) is 128 Å². The van der Waals surface area contributed by atoms with E-state index in [2.05, 4.69) is 16.9 Å². The second-order valence-electron chi connectivity index (χ2n) is 12.7. The van der Waals surface area contributed by atoms with Crippen molar-refractivity contribution in [3.8, 4) is 23.0 Å². The summed E-state index contributed by atoms with van der Waals surface area (Å²) in [6.07, 6.45) is 12.0. The van der Waals surface area contributed by atoms with E-state index in [1.165, 1.54) is 18.4 Å². The van der Waals surface area contributed by atoms with Gasteiger partial charge >= 0.3 is 0 Å². The van der Waals surface area contributed by atoms with Crippen molar-refractivity contribution in [1.82, 2.24) is 9.80 Å². The molecular formula is C39H41N5O6. The van der Waals surface area contributed by atoms with Crippen LogP contribution in [0.2, 0.25) is 0 Å². The fourth-order valence-electron chi connectivity index (χ4n) is 6.49. The molecule has 3 aromatic carbocycles. The van der Waals surface area contributed by atoms with E-state index < -0.39 is 0 Å². The van der Waals surface area contributed by atoms with Crippen molar-refractivity contribution in [3.05, 3.63) is 83.2 Å². The standard InChI is InChI=1S/C39H41N5O6/c1-4-24(25-8-10-28(40)11-9-25)22-43-13-12-41-32-19-36(34(47-2)17-30(32)38(43)45)49-14-5-15-50-37-20-33-31(18-35(37)48-3)39(46)44-23-27(26-6-7-26)16-29(44)21-42-33/h8-12,17-23,26,29H,4-7,13-16,40H2,1-3H3. The molecule has 1 fully saturated rings. The summed E-state index contributed by atoms with van der Waals surface area (Å²) >= 11 is 0. The first kappa shape index (κ1) is 32.9. The van der Waals surface area contributed by atoms with E-state index in [4.69, 9.17) is 24.7 Å². The zero-order valence-corrected chi connectivity index (χ0v) is 28.6. The normalized spacial score (nSPS) is 18.2. The molecule has 2 N–H and O–H groups in total. The van der Waals surface area contributed by atoms with Crippen LogP contribution < -0.4 is 24.7 Å². The summed E-state index contributed by atoms with van der Waals surface area (Å²) < 4.78 is 23.4. The molecule has 7 rings (SSSR count). The van der Waals surface area contributed by atoms with Gasteiger partial charge in [-0.15, -0.1) is 0 Å². The zero-order valence-electron chi connectivity index (χ0n) is 28.6. The zero-order chi connectivity index (χ0) is 34.8. The molecule has 1 aliphatic carbocycles. The lowest BCUT2D eigenvalue weighted by Crippen LogP contribution is -2.32. The molecule has 4 aliphatic rings. The Hall–Kier alpha value is -5.58. The minimum absolute atomic E-state index is 0.0585. The Labute approximate surface area is 291 Å². The van der Waals surface area contributed by atoms with Gasteiger partial charge in [-0.3, -0.25) is 19.6 Å². The van der Waals surface area contributed by atoms with Gasteiger partial charge in [0.15, 0.2) is 23.0 Å². The van der Waals surface area contributed by atoms with Crippen molar-refractivity contribution in [2.45, 2.75) is 45.1 Å². The van der Waals surface area contributed by atoms with Crippen LogP contribution in [0.25, 0.3) is 5.57 Å². The van der Waals surface area contributed by atoms with E-state index >= 15 is 0 Å². The van der Waals surface area contributed by atoms with E-state index in [1.807, 2.05) is 42.9 Å². The average Bonchev–Trinajstić information content (AvgIpc) is 3.93. The lowest BCUT2D eigenvalue weighted by atomic mass is 10.0. The minimum atomic E-state index is -0.183. The van der Waals surface area contributed by atoms with Gasteiger partial charge in [0, 0.05) is 49.1 Å². The van der Waals surface area contributed by atoms with Gasteiger partial charge in [-0.05, 0) is 72.6 Å². The fourth-order valence-corrected chi connectivity index (χ4v) is 6.49. The van der Waals surface area contributed by atoms with Crippen molar-refractivity contribution in [2.75, 3.05) is 39.7 Å². The van der Waals surface area contributed by atoms with Crippen molar-refractivity contribution in [3.63, 3.8) is 0 Å². The molecule has 0 aromatic heterocycles. The van der Waals surface area contributed by atoms with Crippen LogP contribution in [0, 0.1) is 5.92 Å². The summed E-state index contributed by atoms with van der Waals surface area (Å²) in [5.41, 5.74) is 11.9. The molecule has 0 radical (unpaired) electrons. The number of rotatable bonds is 12. The van der Waals surface area contributed by atoms with Crippen LogP contribution in [0.1, 0.15) is 65.3 Å². The Balaban J connectivity index is 0.995. The Bertz CT molecular complexity index is 1930. The van der Waals surface area contributed by atoms with Gasteiger partial charge < -0.3 is 34.5 Å². The molecule has 2 amide bonds. The Kier molecular flexibility index (Phi) is 9.29. The second kappa shape index (κ2) is 14.1. The van der Waals surface area contributed by atoms with Crippen molar-refractivity contribution < 1.29 is 28.5 Å². The van der Waals surface area contributed by atoms with E-state index in [0.717, 1.165) is 24.0 Å². The smallest absolute Gasteiger partial charge is 0.260 e. The average molecular weight is 676 g/mol. The van der Waals surface area contributed by atoms with Crippen LogP contribution in [0.15, 0.2) is 76.5 Å². The monoisotopic (exact) mass is 675 g/mol. The number of hydrogen-bond acceptors (Lipinski definition) is 9. The number of nitrogens with zero attached hydrogens (tertiary/aromatic N) is 4. The SMILES string of the molecule is CCC(=CN1CC=Nc2cc(OCCCOc3cc4c(cc3OC)C(=O)N3C=C(C5CC5)CC3C=N4)c(OC)cc2C1=O)c1ccc(N)cc1. The number of carbonyl (C=O) groups excluding carboxylic acids is 2. The molecular weight excluding hydrogens is 634 g/mol. The first-order valence-corrected chi connectivity index (χ1v) is 17.0. The molecule has 0 bridgehead atoms. The highest BCUT2D eigenvalue weighted by molar-refractivity contribution is 6.05. The van der Waals surface area contributed by atoms with E-state index in [-0.39, 0.29) is 17.9 Å². The van der Waals surface area contributed by atoms with Gasteiger partial charge in [-0.2, -0.15) is 0 Å². The first-order chi connectivity index (χ1) is 24.4. The third-order valence-electron chi connectivity index (χ3n) is 9.40. The van der Waals surface area contributed by atoms with E-state index in [9.17, 15) is 9.59 Å². The number of hydrogen-bond donors (Lipinski definition) is 1. The maximum absolute atomic E-state index is 13.7. The quantitative estimate of drug-likeness (QED) is 0.162. The van der Waals surface area contributed by atoms with E-state index in [0.29, 0.717) is 83.3 Å². The highest BCUT2D eigenvalue weighted by Crippen LogP contribution is 2.44. The van der Waals surface area contributed by atoms with Gasteiger partial charge in [0.05, 0.1) is 62.5 Å². The van der Waals surface area contributed by atoms with Crippen LogP contribution in [-0.4, -0.2) is 74.1 Å². The number of nitrogens with two attached hydrogens (primary N) is 1. The van der Waals surface area contributed by atoms with Gasteiger partial charge in [-0.25, -0.2) is 0 Å². The lowest BCUT2D eigenvalue weighted by Gasteiger charge is -2.19. The van der Waals surface area contributed by atoms with Crippen LogP contribution in [0.5, 0.6) is 23.0 Å². The molecule has 3 aromatic rings. The largest absolute Gasteiger partial charge is 0.493 e. The minimum Gasteiger partial charge on any atom is -0.493 e. The van der Waals surface area contributed by atoms with Gasteiger partial charge in [0.2, 0.25) is 0 Å². The number of nitrogen functional groups attached to an aromatic ring is 1. The number of methoxy groups -OCH3 is 2. The fraction of sp³-hybridized carbons (Fsp3) is 0.333. The number of carbonyl (C=O) groups is 2. The predicted molar refractivity (Wildman–Crippen MR) is 193 cm³/mol. The summed E-state index contributed by atoms with van der Waals surface area (Å²) in [7, 11) is 3.10. The van der Waals surface area contributed by atoms with E-state index in [1.54, 1.807) is 54.5 Å². The predicted octanol–water partition coefficient (Wildman–Crippen LogP) is 6.97. The first-order valence-electron chi connectivity index (χ1n) is 17.0. The number of aliphatic imine (C=N–C) groups is 2. The molecule has 1 unspecified atom stereocenters. The van der Waals surface area contributed by atoms with Gasteiger partial charge in [0.25, 0.3) is 11.8 Å². The molecule has 0 saturated heterocycles. The Morgan fingerprint density at radius 1 is 0.880 bits per heavy atom. The maximum Gasteiger partial charge on any atom is 0.260 e. The molecule has 11 nitrogen and oxygen atoms in total. The Morgan fingerprint density at radius 2 is 1.52 bits per heavy atom. The summed E-state index contributed by atoms with van der Waals surface area (Å²) in [6.45, 7) is 3.02. The summed E-state index contributed by atoms with van der Waals surface area (Å²) in [6, 6.07) is 14.4. The molecule has 3 heterocycles. The summed E-state index contributed by atoms with van der Waals surface area (Å²) in [5.74, 6) is 2.24. The third-order valence-corrected chi connectivity index (χ3v) is 9.40. The molecule has 11 heteroatoms.